The number of nitrogens with one attached hydrogen (secondary N) is 3. The molecule has 5 heterocycles. The number of imidazole rings is 1. The summed E-state index contributed by atoms with van der Waals surface area (Å²) in [6, 6.07) is 24.2. The van der Waals surface area contributed by atoms with Gasteiger partial charge in [-0.3, -0.25) is 43.2 Å². The van der Waals surface area contributed by atoms with Crippen molar-refractivity contribution < 1.29 is 33.4 Å². The molecule has 1 unspecified atom stereocenters. The number of hydrogen-bond acceptors (Lipinski definition) is 13. The number of aryl methyl sites for hydroxylation is 3. The highest BCUT2D eigenvalue weighted by atomic mass is 16.5. The fourth-order valence-corrected chi connectivity index (χ4v) is 10.7. The third kappa shape index (κ3) is 15.4. The first kappa shape index (κ1) is 56.7. The molecule has 3 atom stereocenters. The van der Waals surface area contributed by atoms with Gasteiger partial charge < -0.3 is 35.5 Å². The Morgan fingerprint density at radius 2 is 1.47 bits per heavy atom. The largest absolute Gasteiger partial charge is 0.383 e. The average molecular weight is 1080 g/mol. The molecule has 1 saturated carbocycles. The van der Waals surface area contributed by atoms with E-state index >= 15 is 0 Å². The lowest BCUT2D eigenvalue weighted by Gasteiger charge is -2.32. The Balaban J connectivity index is 0.605. The topological polar surface area (TPSA) is 222 Å². The molecular weight excluding hydrogens is 1000 g/mol. The van der Waals surface area contributed by atoms with Crippen molar-refractivity contribution in [3.8, 4) is 22.3 Å². The van der Waals surface area contributed by atoms with Gasteiger partial charge in [0.1, 0.15) is 11.9 Å². The summed E-state index contributed by atoms with van der Waals surface area (Å²) >= 11 is 0. The number of piperidine rings is 1. The molecule has 5 N–H and O–H groups in total. The van der Waals surface area contributed by atoms with E-state index in [0.29, 0.717) is 76.5 Å². The van der Waals surface area contributed by atoms with Crippen LogP contribution in [0.1, 0.15) is 104 Å². The first-order valence-corrected chi connectivity index (χ1v) is 28.2. The molecule has 9 rings (SSSR count). The molecule has 3 aliphatic rings. The summed E-state index contributed by atoms with van der Waals surface area (Å²) in [4.78, 5) is 72.6. The molecule has 2 saturated heterocycles. The number of nitrogen functional groups attached to an aromatic ring is 1. The zero-order valence-corrected chi connectivity index (χ0v) is 45.8. The van der Waals surface area contributed by atoms with Crippen LogP contribution in [0.15, 0.2) is 96.2 Å². The summed E-state index contributed by atoms with van der Waals surface area (Å²) in [5.74, 6) is -0.853. The van der Waals surface area contributed by atoms with Crippen molar-refractivity contribution in [1.29, 1.82) is 0 Å². The number of imide groups is 1. The lowest BCUT2D eigenvalue weighted by atomic mass is 10.0. The zero-order valence-electron chi connectivity index (χ0n) is 45.8. The molecule has 420 valence electrons. The Hall–Kier alpha value is -7.03. The number of piperazine rings is 1. The maximum atomic E-state index is 13.7. The number of benzene rings is 3. The number of ether oxygens (including phenoxy) is 3. The fourth-order valence-electron chi connectivity index (χ4n) is 10.7. The molecule has 6 aromatic rings. The predicted octanol–water partition coefficient (Wildman–Crippen LogP) is 6.17. The number of unbranched alkanes of at least 4 members (excludes halogenated alkanes) is 1. The van der Waals surface area contributed by atoms with Gasteiger partial charge in [-0.1, -0.05) is 54.6 Å². The quantitative estimate of drug-likeness (QED) is 0.0335. The number of carbonyl (C=O) groups excluding carboxylic acids is 4. The van der Waals surface area contributed by atoms with Crippen LogP contribution in [0.5, 0.6) is 0 Å². The van der Waals surface area contributed by atoms with E-state index in [0.717, 1.165) is 112 Å². The number of nitrogens with zero attached hydrogens (tertiary/aromatic N) is 7. The second-order valence-electron chi connectivity index (χ2n) is 21.3. The number of anilines is 1. The van der Waals surface area contributed by atoms with Gasteiger partial charge >= 0.3 is 5.69 Å². The number of fused-ring (bicyclic) bond motifs is 1. The van der Waals surface area contributed by atoms with Crippen molar-refractivity contribution >= 4 is 40.5 Å². The maximum Gasteiger partial charge on any atom is 0.329 e. The fraction of sp³-hybridized carbons (Fsp3) is 0.483. The van der Waals surface area contributed by atoms with Crippen LogP contribution in [0.3, 0.4) is 0 Å². The van der Waals surface area contributed by atoms with Crippen LogP contribution in [0.25, 0.3) is 33.3 Å². The molecule has 2 aliphatic heterocycles. The normalized spacial score (nSPS) is 18.1. The van der Waals surface area contributed by atoms with E-state index in [-0.39, 0.29) is 47.8 Å². The van der Waals surface area contributed by atoms with Crippen molar-refractivity contribution in [3.63, 3.8) is 0 Å². The first-order valence-electron chi connectivity index (χ1n) is 28.2. The molecule has 79 heavy (non-hydrogen) atoms. The number of nitrogens with two attached hydrogens (primary N) is 1. The van der Waals surface area contributed by atoms with E-state index in [1.54, 1.807) is 30.1 Å². The number of amides is 4. The maximum absolute atomic E-state index is 13.7. The summed E-state index contributed by atoms with van der Waals surface area (Å²) in [6.07, 6.45) is 13.4. The Labute approximate surface area is 462 Å². The molecule has 1 aliphatic carbocycles. The van der Waals surface area contributed by atoms with Gasteiger partial charge in [0.15, 0.2) is 0 Å². The van der Waals surface area contributed by atoms with Gasteiger partial charge in [0.2, 0.25) is 17.7 Å². The lowest BCUT2D eigenvalue weighted by molar-refractivity contribution is -0.135. The minimum atomic E-state index is -0.701. The number of rotatable bonds is 27. The van der Waals surface area contributed by atoms with Crippen LogP contribution < -0.4 is 27.4 Å². The van der Waals surface area contributed by atoms with E-state index in [1.165, 1.54) is 21.3 Å². The zero-order chi connectivity index (χ0) is 55.1. The van der Waals surface area contributed by atoms with Gasteiger partial charge in [0.25, 0.3) is 5.91 Å². The second kappa shape index (κ2) is 27.7. The van der Waals surface area contributed by atoms with Crippen molar-refractivity contribution in [2.24, 2.45) is 7.05 Å². The molecule has 3 fully saturated rings. The number of likely N-dealkylation sites (N-methyl/N-ethyl adjacent to an activating group) is 1. The summed E-state index contributed by atoms with van der Waals surface area (Å²) < 4.78 is 22.9. The minimum absolute atomic E-state index is 0.0117. The van der Waals surface area contributed by atoms with Crippen molar-refractivity contribution in [3.05, 3.63) is 124 Å². The molecule has 4 amide bonds. The van der Waals surface area contributed by atoms with Gasteiger partial charge in [0, 0.05) is 116 Å². The van der Waals surface area contributed by atoms with Crippen molar-refractivity contribution in [2.75, 3.05) is 71.9 Å². The molecule has 3 aromatic carbocycles. The second-order valence-corrected chi connectivity index (χ2v) is 21.3. The van der Waals surface area contributed by atoms with Gasteiger partial charge in [0.05, 0.1) is 41.5 Å². The van der Waals surface area contributed by atoms with E-state index in [4.69, 9.17) is 19.9 Å². The van der Waals surface area contributed by atoms with E-state index < -0.39 is 11.9 Å². The smallest absolute Gasteiger partial charge is 0.329 e. The van der Waals surface area contributed by atoms with Crippen LogP contribution in [0.2, 0.25) is 0 Å². The Morgan fingerprint density at radius 3 is 2.23 bits per heavy atom. The molecular formula is C60H77N11O8. The van der Waals surface area contributed by atoms with Crippen molar-refractivity contribution in [1.82, 2.24) is 49.6 Å². The van der Waals surface area contributed by atoms with E-state index in [2.05, 4.69) is 91.4 Å². The van der Waals surface area contributed by atoms with Crippen LogP contribution in [-0.2, 0) is 61.8 Å². The molecule has 0 bridgehead atoms. The minimum Gasteiger partial charge on any atom is -0.383 e. The van der Waals surface area contributed by atoms with Gasteiger partial charge in [-0.2, -0.15) is 5.10 Å². The first-order chi connectivity index (χ1) is 38.4. The third-order valence-corrected chi connectivity index (χ3v) is 15.4. The highest BCUT2D eigenvalue weighted by Gasteiger charge is 2.32. The molecule has 19 heteroatoms. The number of hydrogen-bond donors (Lipinski definition) is 4. The molecule has 19 nitrogen and oxygen atoms in total. The summed E-state index contributed by atoms with van der Waals surface area (Å²) in [5, 5.41) is 13.0. The van der Waals surface area contributed by atoms with E-state index in [9.17, 15) is 24.0 Å². The SMILES string of the molecule is CN1CCN(Cc2ccc(-c3ccc(CO[C@H]4CCC[C@@H]4NC(=O)c4cc(-c5cnn(CCCCC(=O)NCCCOCCCOCCCc6ccc7c(c6)n(C)c(=O)n7C6CCC(=O)NC6=O)c5)cnc4N)cc3)cc2)CC1. The predicted molar refractivity (Wildman–Crippen MR) is 303 cm³/mol. The number of carbonyl (C=O) groups is 4. The van der Waals surface area contributed by atoms with Crippen LogP contribution in [-0.4, -0.2) is 136 Å². The Kier molecular flexibility index (Phi) is 19.9. The molecule has 3 aromatic heterocycles. The average Bonchev–Trinajstić information content (AvgIpc) is 4.26. The van der Waals surface area contributed by atoms with Crippen LogP contribution in [0, 0.1) is 0 Å². The molecule has 0 radical (unpaired) electrons. The lowest BCUT2D eigenvalue weighted by Crippen LogP contribution is -2.44. The third-order valence-electron chi connectivity index (χ3n) is 15.4. The van der Waals surface area contributed by atoms with Gasteiger partial charge in [-0.05, 0) is 117 Å². The van der Waals surface area contributed by atoms with Crippen molar-refractivity contribution in [2.45, 2.75) is 115 Å². The monoisotopic (exact) mass is 1080 g/mol. The molecule has 0 spiro atoms. The van der Waals surface area contributed by atoms with Crippen LogP contribution in [0.4, 0.5) is 5.82 Å². The summed E-state index contributed by atoms with van der Waals surface area (Å²) in [6.45, 7) is 9.40. The Bertz CT molecular complexity index is 3070. The number of aromatic nitrogens is 5. The standard InChI is InChI=1S/C60H77N11O8/c1-67-27-29-69(30-28-67)39-43-13-18-45(19-14-43)46-20-15-44(16-21-46)41-79-54-11-5-10-50(54)65-58(74)49-36-47(37-63-57(49)61)48-38-64-70(40-48)26-4-3-12-55(72)62-25-7-32-78-34-8-33-77-31-6-9-42-17-22-51-53(35-42)68(2)60(76)71(51)52-23-24-56(73)66-59(52)75/h13-22,35-38,40,50,52,54H,3-12,23-34,39,41H2,1-2H3,(H2,61,63)(H,62,72)(H,65,74)(H,66,73,75)/t50-,52?,54-/m0/s1. The summed E-state index contributed by atoms with van der Waals surface area (Å²) in [7, 11) is 3.88. The van der Waals surface area contributed by atoms with E-state index in [1.807, 2.05) is 29.1 Å². The number of pyridine rings is 1. The Morgan fingerprint density at radius 1 is 0.747 bits per heavy atom. The highest BCUT2D eigenvalue weighted by Crippen LogP contribution is 2.28. The van der Waals surface area contributed by atoms with Gasteiger partial charge in [-0.15, -0.1) is 0 Å². The van der Waals surface area contributed by atoms with Gasteiger partial charge in [-0.25, -0.2) is 9.78 Å². The summed E-state index contributed by atoms with van der Waals surface area (Å²) in [5.41, 5.74) is 15.2. The van der Waals surface area contributed by atoms with Crippen LogP contribution >= 0.6 is 0 Å². The highest BCUT2D eigenvalue weighted by molar-refractivity contribution is 6.00.